The minimum Gasteiger partial charge on any atom is -0.493 e. The summed E-state index contributed by atoms with van der Waals surface area (Å²) in [6.07, 6.45) is 1.63. The number of carbonyl (C=O) groups excluding carboxylic acids is 2. The van der Waals surface area contributed by atoms with Gasteiger partial charge >= 0.3 is 0 Å². The van der Waals surface area contributed by atoms with Crippen molar-refractivity contribution in [2.45, 2.75) is 5.92 Å². The van der Waals surface area contributed by atoms with Crippen molar-refractivity contribution in [3.05, 3.63) is 72.6 Å². The third-order valence-electron chi connectivity index (χ3n) is 8.83. The van der Waals surface area contributed by atoms with Gasteiger partial charge < -0.3 is 44.0 Å². The summed E-state index contributed by atoms with van der Waals surface area (Å²) in [6.45, 7) is 3.50. The van der Waals surface area contributed by atoms with E-state index < -0.39 is 11.5 Å². The molecule has 2 fully saturated rings. The molecule has 1 atom stereocenters. The summed E-state index contributed by atoms with van der Waals surface area (Å²) < 4.78 is 35.0. The number of hydrogen-bond acceptors (Lipinski definition) is 13. The van der Waals surface area contributed by atoms with E-state index in [1.807, 2.05) is 0 Å². The van der Waals surface area contributed by atoms with Crippen LogP contribution in [-0.2, 0) is 19.1 Å². The zero-order chi connectivity index (χ0) is 36.8. The third kappa shape index (κ3) is 7.31. The molecular weight excluding hydrogens is 692 g/mol. The monoisotopic (exact) mass is 728 g/mol. The Morgan fingerprint density at radius 3 is 1.92 bits per heavy atom. The minimum atomic E-state index is -0.907. The first-order valence-electron chi connectivity index (χ1n) is 16.4. The molecule has 0 spiro atoms. The number of benzene rings is 2. The number of ether oxygens (including phenoxy) is 6. The Balaban J connectivity index is 1.30. The summed E-state index contributed by atoms with van der Waals surface area (Å²) >= 11 is 1.06. The van der Waals surface area contributed by atoms with Crippen LogP contribution in [-0.4, -0.2) is 106 Å². The second kappa shape index (κ2) is 16.0. The second-order valence-electron chi connectivity index (χ2n) is 11.8. The molecule has 2 N–H and O–H groups in total. The first-order valence-corrected chi connectivity index (χ1v) is 17.2. The van der Waals surface area contributed by atoms with E-state index in [2.05, 4.69) is 12.1 Å². The number of nitrogens with zero attached hydrogens (tertiary/aromatic N) is 5. The van der Waals surface area contributed by atoms with Crippen molar-refractivity contribution < 1.29 is 38.0 Å². The Labute approximate surface area is 302 Å². The quantitative estimate of drug-likeness (QED) is 0.302. The average Bonchev–Trinajstić information content (AvgIpc) is 3.51. The van der Waals surface area contributed by atoms with Crippen molar-refractivity contribution in [3.63, 3.8) is 0 Å². The van der Waals surface area contributed by atoms with Crippen molar-refractivity contribution >= 4 is 40.6 Å². The number of morpholine rings is 2. The number of allylic oxidation sites excluding steroid dienone is 1. The lowest BCUT2D eigenvalue weighted by atomic mass is 9.84. The van der Waals surface area contributed by atoms with E-state index in [9.17, 15) is 24.9 Å². The summed E-state index contributed by atoms with van der Waals surface area (Å²) in [6, 6.07) is 14.2. The molecule has 3 aromatic rings. The summed E-state index contributed by atoms with van der Waals surface area (Å²) in [5, 5.41) is 20.7. The highest BCUT2D eigenvalue weighted by Crippen LogP contribution is 2.39. The zero-order valence-electron chi connectivity index (χ0n) is 28.6. The fraction of sp³-hybridized carbons (Fsp3) is 0.361. The van der Waals surface area contributed by atoms with Gasteiger partial charge in [-0.05, 0) is 41.5 Å². The van der Waals surface area contributed by atoms with Gasteiger partial charge in [0.15, 0.2) is 36.2 Å². The molecule has 2 aromatic carbocycles. The number of methoxy groups -OCH3 is 2. The molecular formula is C36H36N6O9S. The van der Waals surface area contributed by atoms with E-state index in [1.54, 1.807) is 52.3 Å². The van der Waals surface area contributed by atoms with E-state index in [4.69, 9.17) is 34.2 Å². The number of hydrogen-bond donors (Lipinski definition) is 1. The van der Waals surface area contributed by atoms with Crippen molar-refractivity contribution in [2.75, 3.05) is 80.0 Å². The number of amides is 2. The van der Waals surface area contributed by atoms with Gasteiger partial charge in [-0.25, -0.2) is 0 Å². The summed E-state index contributed by atoms with van der Waals surface area (Å²) in [5.74, 6) is -0.0541. The second-order valence-corrected chi connectivity index (χ2v) is 12.8. The van der Waals surface area contributed by atoms with Gasteiger partial charge in [-0.15, -0.1) is 11.3 Å². The van der Waals surface area contributed by atoms with Gasteiger partial charge in [-0.2, -0.15) is 10.5 Å². The molecule has 0 bridgehead atoms. The summed E-state index contributed by atoms with van der Waals surface area (Å²) in [4.78, 5) is 42.3. The molecule has 6 rings (SSSR count). The van der Waals surface area contributed by atoms with Crippen LogP contribution in [0.5, 0.6) is 23.0 Å². The van der Waals surface area contributed by atoms with Crippen LogP contribution < -0.4 is 39.4 Å². The highest BCUT2D eigenvalue weighted by molar-refractivity contribution is 7.07. The SMILES string of the molecule is COc1cc(/C=c2/sc3n(c2=O)C(N)=C(C#N)[C@H](c2ccc(OCC(=O)N4CCOCC4)c(OC)c2)C=3C#N)ccc1OCC(=O)N1CCOCC1. The number of nitriles is 2. The van der Waals surface area contributed by atoms with Crippen LogP contribution >= 0.6 is 11.3 Å². The maximum Gasteiger partial charge on any atom is 0.274 e. The topological polar surface area (TPSA) is 192 Å². The molecule has 270 valence electrons. The highest BCUT2D eigenvalue weighted by atomic mass is 32.1. The fourth-order valence-electron chi connectivity index (χ4n) is 6.10. The maximum absolute atomic E-state index is 13.7. The van der Waals surface area contributed by atoms with Gasteiger partial charge in [0.25, 0.3) is 17.4 Å². The van der Waals surface area contributed by atoms with Crippen LogP contribution in [0.25, 0.3) is 17.5 Å². The van der Waals surface area contributed by atoms with Crippen LogP contribution in [0, 0.1) is 22.7 Å². The molecule has 4 heterocycles. The van der Waals surface area contributed by atoms with E-state index in [0.717, 1.165) is 11.3 Å². The van der Waals surface area contributed by atoms with Gasteiger partial charge in [0, 0.05) is 26.2 Å². The molecule has 0 saturated carbocycles. The van der Waals surface area contributed by atoms with Crippen LogP contribution in [0.3, 0.4) is 0 Å². The van der Waals surface area contributed by atoms with Crippen LogP contribution in [0.15, 0.2) is 46.8 Å². The Kier molecular flexibility index (Phi) is 11.1. The molecule has 2 saturated heterocycles. The van der Waals surface area contributed by atoms with E-state index >= 15 is 0 Å². The number of nitrogens with two attached hydrogens (primary N) is 1. The molecule has 3 aliphatic heterocycles. The van der Waals surface area contributed by atoms with Gasteiger partial charge in [0.05, 0.1) is 74.4 Å². The maximum atomic E-state index is 13.7. The van der Waals surface area contributed by atoms with Crippen LogP contribution in [0.1, 0.15) is 17.0 Å². The lowest BCUT2D eigenvalue weighted by Gasteiger charge is -2.27. The third-order valence-corrected chi connectivity index (χ3v) is 9.93. The minimum absolute atomic E-state index is 0.0171. The standard InChI is InChI=1S/C36H36N6O9S/c1-46-28-15-22(3-5-26(28)50-20-31(43)40-7-11-48-12-8-40)16-30-35(45)42-34(39)24(18-37)33(25(19-38)36(42)52-30)23-4-6-27(29(17-23)47-2)51-21-32(44)41-9-13-49-14-10-41/h3-6,15-17,33H,7-14,20-21,39H2,1-2H3/b30-16+/t33-/m0/s1. The van der Waals surface area contributed by atoms with Crippen molar-refractivity contribution in [3.8, 4) is 35.1 Å². The van der Waals surface area contributed by atoms with Crippen molar-refractivity contribution in [1.29, 1.82) is 10.5 Å². The Bertz CT molecular complexity index is 2170. The summed E-state index contributed by atoms with van der Waals surface area (Å²) in [5.41, 5.74) is 7.25. The summed E-state index contributed by atoms with van der Waals surface area (Å²) in [7, 11) is 2.91. The molecule has 0 aliphatic carbocycles. The smallest absolute Gasteiger partial charge is 0.274 e. The molecule has 16 heteroatoms. The Hall–Kier alpha value is -5.81. The van der Waals surface area contributed by atoms with E-state index in [1.165, 1.54) is 18.8 Å². The Morgan fingerprint density at radius 1 is 0.846 bits per heavy atom. The fourth-order valence-corrected chi connectivity index (χ4v) is 7.23. The van der Waals surface area contributed by atoms with E-state index in [-0.39, 0.29) is 56.9 Å². The van der Waals surface area contributed by atoms with E-state index in [0.29, 0.717) is 81.0 Å². The van der Waals surface area contributed by atoms with Gasteiger partial charge in [0.2, 0.25) is 0 Å². The van der Waals surface area contributed by atoms with Gasteiger partial charge in [0.1, 0.15) is 10.5 Å². The Morgan fingerprint density at radius 2 is 1.38 bits per heavy atom. The number of rotatable bonds is 10. The first-order chi connectivity index (χ1) is 25.3. The van der Waals surface area contributed by atoms with Crippen molar-refractivity contribution in [1.82, 2.24) is 14.4 Å². The van der Waals surface area contributed by atoms with Crippen LogP contribution in [0.4, 0.5) is 0 Å². The first kappa shape index (κ1) is 36.0. The largest absolute Gasteiger partial charge is 0.493 e. The lowest BCUT2D eigenvalue weighted by molar-refractivity contribution is -0.138. The molecule has 52 heavy (non-hydrogen) atoms. The number of aromatic nitrogens is 1. The predicted molar refractivity (Wildman–Crippen MR) is 188 cm³/mol. The van der Waals surface area contributed by atoms with Crippen LogP contribution in [0.2, 0.25) is 0 Å². The van der Waals surface area contributed by atoms with Gasteiger partial charge in [-0.1, -0.05) is 12.1 Å². The normalized spacial score (nSPS) is 17.6. The molecule has 1 aromatic heterocycles. The zero-order valence-corrected chi connectivity index (χ0v) is 29.4. The molecule has 3 aliphatic rings. The average molecular weight is 729 g/mol. The predicted octanol–water partition coefficient (Wildman–Crippen LogP) is 0.354. The molecule has 0 unspecified atom stereocenters. The molecule has 0 radical (unpaired) electrons. The van der Waals surface area contributed by atoms with Gasteiger partial charge in [-0.3, -0.25) is 19.0 Å². The number of fused-ring (bicyclic) bond motifs is 1. The highest BCUT2D eigenvalue weighted by Gasteiger charge is 2.33. The number of thiazole rings is 1. The van der Waals surface area contributed by atoms with Crippen molar-refractivity contribution in [2.24, 2.45) is 5.73 Å². The molecule has 15 nitrogen and oxygen atoms in total. The number of carbonyl (C=O) groups is 2. The lowest BCUT2D eigenvalue weighted by Crippen LogP contribution is -2.43. The molecule has 2 amide bonds.